The Morgan fingerprint density at radius 3 is 2.39 bits per heavy atom. The highest BCUT2D eigenvalue weighted by Gasteiger charge is 2.18. The van der Waals surface area contributed by atoms with Crippen molar-refractivity contribution in [2.75, 3.05) is 0 Å². The van der Waals surface area contributed by atoms with E-state index in [0.29, 0.717) is 0 Å². The molecule has 0 amide bonds. The molecular formula is C21H18BrN. The van der Waals surface area contributed by atoms with Crippen molar-refractivity contribution in [3.8, 4) is 22.4 Å². The molecule has 4 rings (SSSR count). The van der Waals surface area contributed by atoms with Crippen molar-refractivity contribution in [2.24, 2.45) is 0 Å². The monoisotopic (exact) mass is 363 g/mol. The quantitative estimate of drug-likeness (QED) is 0.539. The lowest BCUT2D eigenvalue weighted by Crippen LogP contribution is -2.08. The Bertz CT molecular complexity index is 840. The van der Waals surface area contributed by atoms with E-state index in [2.05, 4.69) is 76.6 Å². The summed E-state index contributed by atoms with van der Waals surface area (Å²) in [6.07, 6.45) is 4.74. The molecule has 1 aliphatic carbocycles. The Kier molecular flexibility index (Phi) is 4.00. The lowest BCUT2D eigenvalue weighted by Gasteiger charge is -2.20. The third kappa shape index (κ3) is 2.96. The van der Waals surface area contributed by atoms with E-state index in [-0.39, 0.29) is 0 Å². The highest BCUT2D eigenvalue weighted by molar-refractivity contribution is 9.10. The van der Waals surface area contributed by atoms with Crippen LogP contribution in [0.5, 0.6) is 0 Å². The second kappa shape index (κ2) is 6.29. The molecule has 114 valence electrons. The molecule has 1 aromatic heterocycles. The zero-order valence-corrected chi connectivity index (χ0v) is 14.5. The molecule has 0 radical (unpaired) electrons. The summed E-state index contributed by atoms with van der Waals surface area (Å²) in [6, 6.07) is 21.3. The van der Waals surface area contributed by atoms with Crippen LogP contribution in [0, 0.1) is 0 Å². The zero-order chi connectivity index (χ0) is 15.6. The van der Waals surface area contributed by atoms with Crippen LogP contribution in [0.25, 0.3) is 22.4 Å². The van der Waals surface area contributed by atoms with Crippen LogP contribution in [-0.4, -0.2) is 4.98 Å². The highest BCUT2D eigenvalue weighted by Crippen LogP contribution is 2.35. The molecule has 0 aliphatic heterocycles. The predicted molar refractivity (Wildman–Crippen MR) is 99.5 cm³/mol. The maximum absolute atomic E-state index is 4.98. The summed E-state index contributed by atoms with van der Waals surface area (Å²) >= 11 is 3.60. The number of hydrogen-bond acceptors (Lipinski definition) is 1. The van der Waals surface area contributed by atoms with Gasteiger partial charge >= 0.3 is 0 Å². The minimum absolute atomic E-state index is 1.08. The SMILES string of the molecule is Brc1cccc(-c2cc(-c3ccccc3)nc3c2CCCC3)c1. The van der Waals surface area contributed by atoms with Gasteiger partial charge in [-0.3, -0.25) is 4.98 Å². The number of aromatic nitrogens is 1. The van der Waals surface area contributed by atoms with E-state index in [0.717, 1.165) is 23.0 Å². The van der Waals surface area contributed by atoms with Crippen molar-refractivity contribution < 1.29 is 0 Å². The molecule has 0 N–H and O–H groups in total. The van der Waals surface area contributed by atoms with Crippen LogP contribution in [0.15, 0.2) is 65.1 Å². The van der Waals surface area contributed by atoms with Gasteiger partial charge in [-0.25, -0.2) is 0 Å². The first-order chi connectivity index (χ1) is 11.3. The fraction of sp³-hybridized carbons (Fsp3) is 0.190. The summed E-state index contributed by atoms with van der Waals surface area (Å²) in [7, 11) is 0. The van der Waals surface area contributed by atoms with Gasteiger partial charge in [-0.1, -0.05) is 58.4 Å². The van der Waals surface area contributed by atoms with Gasteiger partial charge in [0.1, 0.15) is 0 Å². The van der Waals surface area contributed by atoms with Gasteiger partial charge in [-0.2, -0.15) is 0 Å². The fourth-order valence-electron chi connectivity index (χ4n) is 3.37. The average molecular weight is 364 g/mol. The van der Waals surface area contributed by atoms with Crippen LogP contribution >= 0.6 is 15.9 Å². The van der Waals surface area contributed by atoms with E-state index >= 15 is 0 Å². The number of benzene rings is 2. The van der Waals surface area contributed by atoms with E-state index in [1.807, 2.05) is 0 Å². The number of rotatable bonds is 2. The van der Waals surface area contributed by atoms with Crippen LogP contribution in [-0.2, 0) is 12.8 Å². The summed E-state index contributed by atoms with van der Waals surface area (Å²) in [5.74, 6) is 0. The summed E-state index contributed by atoms with van der Waals surface area (Å²) in [4.78, 5) is 4.98. The summed E-state index contributed by atoms with van der Waals surface area (Å²) < 4.78 is 1.12. The molecule has 3 aromatic rings. The molecule has 23 heavy (non-hydrogen) atoms. The molecule has 0 unspecified atom stereocenters. The zero-order valence-electron chi connectivity index (χ0n) is 12.9. The number of nitrogens with zero attached hydrogens (tertiary/aromatic N) is 1. The van der Waals surface area contributed by atoms with Crippen LogP contribution in [0.4, 0.5) is 0 Å². The molecular weight excluding hydrogens is 346 g/mol. The average Bonchev–Trinajstić information content (AvgIpc) is 2.61. The molecule has 0 atom stereocenters. The smallest absolute Gasteiger partial charge is 0.0711 e. The Morgan fingerprint density at radius 1 is 0.783 bits per heavy atom. The van der Waals surface area contributed by atoms with Crippen LogP contribution in [0.3, 0.4) is 0 Å². The standard InChI is InChI=1S/C21H18BrN/c22-17-10-6-9-16(13-17)19-14-21(15-7-2-1-3-8-15)23-20-12-5-4-11-18(19)20/h1-3,6-10,13-14H,4-5,11-12H2. The minimum Gasteiger partial charge on any atom is -0.253 e. The molecule has 2 aromatic carbocycles. The van der Waals surface area contributed by atoms with Crippen molar-refractivity contribution >= 4 is 15.9 Å². The largest absolute Gasteiger partial charge is 0.253 e. The van der Waals surface area contributed by atoms with Gasteiger partial charge in [0.25, 0.3) is 0 Å². The number of fused-ring (bicyclic) bond motifs is 1. The number of aryl methyl sites for hydroxylation is 1. The van der Waals surface area contributed by atoms with Crippen LogP contribution < -0.4 is 0 Å². The van der Waals surface area contributed by atoms with Crippen LogP contribution in [0.2, 0.25) is 0 Å². The Balaban J connectivity index is 1.93. The van der Waals surface area contributed by atoms with Crippen molar-refractivity contribution in [3.63, 3.8) is 0 Å². The summed E-state index contributed by atoms with van der Waals surface area (Å²) in [5.41, 5.74) is 7.62. The summed E-state index contributed by atoms with van der Waals surface area (Å²) in [6.45, 7) is 0. The van der Waals surface area contributed by atoms with E-state index in [4.69, 9.17) is 4.98 Å². The minimum atomic E-state index is 1.08. The number of halogens is 1. The van der Waals surface area contributed by atoms with Gasteiger partial charge in [0, 0.05) is 15.7 Å². The first-order valence-corrected chi connectivity index (χ1v) is 8.95. The molecule has 0 saturated carbocycles. The normalized spacial score (nSPS) is 13.6. The van der Waals surface area contributed by atoms with Crippen molar-refractivity contribution in [1.29, 1.82) is 0 Å². The predicted octanol–water partition coefficient (Wildman–Crippen LogP) is 6.06. The van der Waals surface area contributed by atoms with E-state index < -0.39 is 0 Å². The van der Waals surface area contributed by atoms with E-state index in [1.165, 1.54) is 40.8 Å². The van der Waals surface area contributed by atoms with Crippen molar-refractivity contribution in [1.82, 2.24) is 4.98 Å². The Hall–Kier alpha value is -1.93. The molecule has 0 saturated heterocycles. The second-order valence-corrected chi connectivity index (χ2v) is 6.98. The maximum atomic E-state index is 4.98. The summed E-state index contributed by atoms with van der Waals surface area (Å²) in [5, 5.41) is 0. The Morgan fingerprint density at radius 2 is 1.57 bits per heavy atom. The topological polar surface area (TPSA) is 12.9 Å². The molecule has 0 spiro atoms. The third-order valence-corrected chi connectivity index (χ3v) is 5.00. The van der Waals surface area contributed by atoms with Gasteiger partial charge in [0.15, 0.2) is 0 Å². The molecule has 0 bridgehead atoms. The van der Waals surface area contributed by atoms with Crippen molar-refractivity contribution in [3.05, 3.63) is 76.4 Å². The molecule has 2 heteroatoms. The van der Waals surface area contributed by atoms with Gasteiger partial charge in [-0.05, 0) is 60.6 Å². The van der Waals surface area contributed by atoms with E-state index in [9.17, 15) is 0 Å². The van der Waals surface area contributed by atoms with Gasteiger partial charge < -0.3 is 0 Å². The first-order valence-electron chi connectivity index (χ1n) is 8.15. The maximum Gasteiger partial charge on any atom is 0.0711 e. The number of pyridine rings is 1. The lowest BCUT2D eigenvalue weighted by atomic mass is 9.88. The second-order valence-electron chi connectivity index (χ2n) is 6.06. The van der Waals surface area contributed by atoms with Gasteiger partial charge in [-0.15, -0.1) is 0 Å². The third-order valence-electron chi connectivity index (χ3n) is 4.51. The fourth-order valence-corrected chi connectivity index (χ4v) is 3.77. The van der Waals surface area contributed by atoms with Gasteiger partial charge in [0.05, 0.1) is 5.69 Å². The molecule has 1 heterocycles. The van der Waals surface area contributed by atoms with Crippen molar-refractivity contribution in [2.45, 2.75) is 25.7 Å². The molecule has 1 aliphatic rings. The van der Waals surface area contributed by atoms with E-state index in [1.54, 1.807) is 0 Å². The molecule has 1 nitrogen and oxygen atoms in total. The van der Waals surface area contributed by atoms with Gasteiger partial charge in [0.2, 0.25) is 0 Å². The Labute approximate surface area is 145 Å². The lowest BCUT2D eigenvalue weighted by molar-refractivity contribution is 0.670. The van der Waals surface area contributed by atoms with Crippen LogP contribution in [0.1, 0.15) is 24.1 Å². The first kappa shape index (κ1) is 14.6. The molecule has 0 fully saturated rings. The number of hydrogen-bond donors (Lipinski definition) is 0. The highest BCUT2D eigenvalue weighted by atomic mass is 79.9.